The number of carbonyl (C=O) groups excluding carboxylic acids is 1. The number of hydrogen-bond acceptors (Lipinski definition) is 6. The van der Waals surface area contributed by atoms with Gasteiger partial charge in [0.15, 0.2) is 5.65 Å². The Hall–Kier alpha value is -3.75. The highest BCUT2D eigenvalue weighted by Gasteiger charge is 2.20. The number of carbonyl (C=O) groups is 1. The summed E-state index contributed by atoms with van der Waals surface area (Å²) in [5, 5.41) is 0. The van der Waals surface area contributed by atoms with Gasteiger partial charge in [-0.1, -0.05) is 6.07 Å². The van der Waals surface area contributed by atoms with E-state index in [9.17, 15) is 13.6 Å². The summed E-state index contributed by atoms with van der Waals surface area (Å²) in [4.78, 5) is 29.4. The SMILES string of the molecule is Cc1nc(C)c2nc(-c3cncc(F)c3)n(Cc3ccc(C(=O)OC(C)C)cc3F)c2n1. The van der Waals surface area contributed by atoms with Crippen LogP contribution in [0.2, 0.25) is 0 Å². The highest BCUT2D eigenvalue weighted by atomic mass is 19.1. The minimum Gasteiger partial charge on any atom is -0.459 e. The van der Waals surface area contributed by atoms with Gasteiger partial charge in [0.05, 0.1) is 30.1 Å². The summed E-state index contributed by atoms with van der Waals surface area (Å²) >= 11 is 0. The van der Waals surface area contributed by atoms with E-state index in [-0.39, 0.29) is 18.2 Å². The number of ether oxygens (including phenoxy) is 1. The summed E-state index contributed by atoms with van der Waals surface area (Å²) in [5.41, 5.74) is 2.55. The van der Waals surface area contributed by atoms with Crippen molar-refractivity contribution >= 4 is 17.1 Å². The van der Waals surface area contributed by atoms with Crippen LogP contribution < -0.4 is 0 Å². The van der Waals surface area contributed by atoms with E-state index in [1.165, 1.54) is 24.4 Å². The first-order valence-corrected chi connectivity index (χ1v) is 10.0. The maximum absolute atomic E-state index is 15.0. The first-order valence-electron chi connectivity index (χ1n) is 10.0. The van der Waals surface area contributed by atoms with Crippen LogP contribution in [-0.2, 0) is 11.3 Å². The van der Waals surface area contributed by atoms with Crippen molar-refractivity contribution < 1.29 is 18.3 Å². The third kappa shape index (κ3) is 4.18. The van der Waals surface area contributed by atoms with Gasteiger partial charge in [-0.15, -0.1) is 0 Å². The molecule has 0 atom stereocenters. The van der Waals surface area contributed by atoms with Gasteiger partial charge in [0.1, 0.15) is 28.8 Å². The quantitative estimate of drug-likeness (QED) is 0.431. The largest absolute Gasteiger partial charge is 0.459 e. The van der Waals surface area contributed by atoms with Crippen molar-refractivity contribution in [2.24, 2.45) is 0 Å². The maximum atomic E-state index is 15.0. The molecule has 0 spiro atoms. The fourth-order valence-electron chi connectivity index (χ4n) is 3.43. The van der Waals surface area contributed by atoms with E-state index in [2.05, 4.69) is 19.9 Å². The molecule has 0 radical (unpaired) electrons. The molecule has 0 aliphatic carbocycles. The van der Waals surface area contributed by atoms with Crippen LogP contribution in [0.25, 0.3) is 22.6 Å². The van der Waals surface area contributed by atoms with Gasteiger partial charge in [-0.2, -0.15) is 0 Å². The zero-order valence-corrected chi connectivity index (χ0v) is 18.1. The van der Waals surface area contributed by atoms with Crippen LogP contribution in [0.15, 0.2) is 36.7 Å². The number of fused-ring (bicyclic) bond motifs is 1. The number of nitrogens with zero attached hydrogens (tertiary/aromatic N) is 5. The number of aromatic nitrogens is 5. The third-order valence-corrected chi connectivity index (χ3v) is 4.80. The Bertz CT molecular complexity index is 1330. The second-order valence-corrected chi connectivity index (χ2v) is 7.70. The molecule has 0 N–H and O–H groups in total. The molecule has 0 aliphatic rings. The molecule has 0 unspecified atom stereocenters. The van der Waals surface area contributed by atoms with Crippen molar-refractivity contribution in [1.29, 1.82) is 0 Å². The van der Waals surface area contributed by atoms with Crippen LogP contribution in [0.5, 0.6) is 0 Å². The van der Waals surface area contributed by atoms with Crippen molar-refractivity contribution in [3.05, 3.63) is 70.9 Å². The fraction of sp³-hybridized carbons (Fsp3) is 0.261. The molecular weight excluding hydrogens is 416 g/mol. The monoisotopic (exact) mass is 437 g/mol. The lowest BCUT2D eigenvalue weighted by molar-refractivity contribution is 0.0377. The first-order chi connectivity index (χ1) is 15.2. The van der Waals surface area contributed by atoms with Crippen molar-refractivity contribution in [2.45, 2.75) is 40.3 Å². The number of imidazole rings is 1. The molecule has 0 amide bonds. The molecule has 0 saturated carbocycles. The van der Waals surface area contributed by atoms with Gasteiger partial charge in [0, 0.05) is 17.3 Å². The normalized spacial score (nSPS) is 11.3. The zero-order valence-electron chi connectivity index (χ0n) is 18.1. The van der Waals surface area contributed by atoms with Crippen LogP contribution in [0.4, 0.5) is 8.78 Å². The Balaban J connectivity index is 1.82. The van der Waals surface area contributed by atoms with Crippen LogP contribution >= 0.6 is 0 Å². The van der Waals surface area contributed by atoms with E-state index >= 15 is 0 Å². The summed E-state index contributed by atoms with van der Waals surface area (Å²) in [6.45, 7) is 7.06. The lowest BCUT2D eigenvalue weighted by Gasteiger charge is -2.12. The van der Waals surface area contributed by atoms with Crippen molar-refractivity contribution in [2.75, 3.05) is 0 Å². The molecule has 0 fully saturated rings. The molecule has 7 nitrogen and oxygen atoms in total. The summed E-state index contributed by atoms with van der Waals surface area (Å²) in [6.07, 6.45) is 2.27. The Morgan fingerprint density at radius 3 is 2.56 bits per heavy atom. The minimum absolute atomic E-state index is 0.0591. The topological polar surface area (TPSA) is 82.8 Å². The molecule has 3 aromatic heterocycles. The molecule has 0 saturated heterocycles. The molecule has 164 valence electrons. The molecule has 4 aromatic rings. The fourth-order valence-corrected chi connectivity index (χ4v) is 3.43. The van der Waals surface area contributed by atoms with E-state index in [4.69, 9.17) is 4.74 Å². The van der Waals surface area contributed by atoms with E-state index < -0.39 is 17.6 Å². The molecule has 9 heteroatoms. The highest BCUT2D eigenvalue weighted by molar-refractivity contribution is 5.89. The smallest absolute Gasteiger partial charge is 0.338 e. The molecule has 1 aromatic carbocycles. The van der Waals surface area contributed by atoms with Crippen molar-refractivity contribution in [3.8, 4) is 11.4 Å². The van der Waals surface area contributed by atoms with Gasteiger partial charge in [-0.05, 0) is 45.9 Å². The van der Waals surface area contributed by atoms with Gasteiger partial charge < -0.3 is 9.30 Å². The Kier molecular flexibility index (Phi) is 5.65. The van der Waals surface area contributed by atoms with Gasteiger partial charge in [0.25, 0.3) is 0 Å². The van der Waals surface area contributed by atoms with Gasteiger partial charge in [-0.25, -0.2) is 28.5 Å². The van der Waals surface area contributed by atoms with Gasteiger partial charge in [0.2, 0.25) is 0 Å². The van der Waals surface area contributed by atoms with Crippen molar-refractivity contribution in [3.63, 3.8) is 0 Å². The second kappa shape index (κ2) is 8.41. The Labute approximate surface area is 183 Å². The van der Waals surface area contributed by atoms with Gasteiger partial charge >= 0.3 is 5.97 Å². The number of benzene rings is 1. The van der Waals surface area contributed by atoms with Gasteiger partial charge in [-0.3, -0.25) is 4.98 Å². The molecule has 4 rings (SSSR count). The third-order valence-electron chi connectivity index (χ3n) is 4.80. The number of halogens is 2. The van der Waals surface area contributed by atoms with E-state index in [1.54, 1.807) is 32.3 Å². The summed E-state index contributed by atoms with van der Waals surface area (Å²) in [6, 6.07) is 5.49. The van der Waals surface area contributed by atoms with Crippen LogP contribution in [0.1, 0.15) is 41.3 Å². The second-order valence-electron chi connectivity index (χ2n) is 7.70. The van der Waals surface area contributed by atoms with E-state index in [0.717, 1.165) is 12.3 Å². The predicted molar refractivity (Wildman–Crippen MR) is 114 cm³/mol. The maximum Gasteiger partial charge on any atom is 0.338 e. The zero-order chi connectivity index (χ0) is 23.0. The summed E-state index contributed by atoms with van der Waals surface area (Å²) < 4.78 is 35.6. The lowest BCUT2D eigenvalue weighted by Crippen LogP contribution is -2.12. The number of pyridine rings is 1. The van der Waals surface area contributed by atoms with E-state index in [0.29, 0.717) is 39.6 Å². The Morgan fingerprint density at radius 1 is 1.09 bits per heavy atom. The van der Waals surface area contributed by atoms with Crippen LogP contribution in [0.3, 0.4) is 0 Å². The number of hydrogen-bond donors (Lipinski definition) is 0. The molecule has 0 bridgehead atoms. The van der Waals surface area contributed by atoms with Crippen LogP contribution in [-0.4, -0.2) is 36.6 Å². The predicted octanol–water partition coefficient (Wildman–Crippen LogP) is 4.40. The first kappa shape index (κ1) is 21.5. The molecule has 0 aliphatic heterocycles. The summed E-state index contributed by atoms with van der Waals surface area (Å²) in [5.74, 6) is -0.760. The van der Waals surface area contributed by atoms with E-state index in [1.807, 2.05) is 0 Å². The number of aryl methyl sites for hydroxylation is 2. The molecule has 32 heavy (non-hydrogen) atoms. The average Bonchev–Trinajstić information content (AvgIpc) is 3.07. The molecule has 3 heterocycles. The Morgan fingerprint density at radius 2 is 1.88 bits per heavy atom. The minimum atomic E-state index is -0.593. The highest BCUT2D eigenvalue weighted by Crippen LogP contribution is 2.27. The average molecular weight is 437 g/mol. The standard InChI is InChI=1S/C23H21F2N5O2/c1-12(2)32-23(31)15-5-6-16(19(25)8-15)11-30-21(17-7-18(24)10-26-9-17)29-20-13(3)27-14(4)28-22(20)30/h5-10,12H,11H2,1-4H3. The van der Waals surface area contributed by atoms with Crippen LogP contribution in [0, 0.1) is 25.5 Å². The summed E-state index contributed by atoms with van der Waals surface area (Å²) in [7, 11) is 0. The number of esters is 1. The number of rotatable bonds is 5. The molecular formula is C23H21F2N5O2. The van der Waals surface area contributed by atoms with Crippen molar-refractivity contribution in [1.82, 2.24) is 24.5 Å². The lowest BCUT2D eigenvalue weighted by atomic mass is 10.1.